The van der Waals surface area contributed by atoms with Gasteiger partial charge in [0.25, 0.3) is 0 Å². The van der Waals surface area contributed by atoms with Gasteiger partial charge in [0.1, 0.15) is 17.3 Å². The molecule has 1 saturated heterocycles. The van der Waals surface area contributed by atoms with Crippen LogP contribution < -0.4 is 16.4 Å². The highest BCUT2D eigenvalue weighted by Gasteiger charge is 2.34. The van der Waals surface area contributed by atoms with Crippen molar-refractivity contribution >= 4 is 23.3 Å². The third-order valence-corrected chi connectivity index (χ3v) is 5.47. The van der Waals surface area contributed by atoms with E-state index < -0.39 is 0 Å². The highest BCUT2D eigenvalue weighted by atomic mass is 15.2. The van der Waals surface area contributed by atoms with Gasteiger partial charge in [-0.15, -0.1) is 0 Å². The van der Waals surface area contributed by atoms with E-state index in [2.05, 4.69) is 59.5 Å². The SMILES string of the molecule is Cc1cccc(-c2nccc(Nc3ccnc(Nc4ccc(CN5CC(C)(N)C5)cc4)n3)n2)n1. The van der Waals surface area contributed by atoms with E-state index >= 15 is 0 Å². The molecule has 4 aromatic rings. The Morgan fingerprint density at radius 2 is 1.62 bits per heavy atom. The first-order valence-electron chi connectivity index (χ1n) is 11.2. The summed E-state index contributed by atoms with van der Waals surface area (Å²) >= 11 is 0. The minimum atomic E-state index is -0.0529. The van der Waals surface area contributed by atoms with Crippen molar-refractivity contribution in [2.75, 3.05) is 23.7 Å². The number of likely N-dealkylation sites (tertiary alicyclic amines) is 1. The molecule has 4 N–H and O–H groups in total. The molecule has 0 unspecified atom stereocenters. The van der Waals surface area contributed by atoms with Gasteiger partial charge in [0.05, 0.1) is 0 Å². The molecule has 9 nitrogen and oxygen atoms in total. The number of aryl methyl sites for hydroxylation is 1. The smallest absolute Gasteiger partial charge is 0.229 e. The first-order chi connectivity index (χ1) is 16.4. The Kier molecular flexibility index (Phi) is 5.87. The fourth-order valence-electron chi connectivity index (χ4n) is 4.01. The number of benzene rings is 1. The number of anilines is 4. The molecule has 0 amide bonds. The van der Waals surface area contributed by atoms with Gasteiger partial charge in [-0.3, -0.25) is 4.90 Å². The highest BCUT2D eigenvalue weighted by Crippen LogP contribution is 2.22. The van der Waals surface area contributed by atoms with Crippen LogP contribution in [0.1, 0.15) is 18.2 Å². The zero-order chi connectivity index (χ0) is 23.5. The van der Waals surface area contributed by atoms with Gasteiger partial charge in [0.2, 0.25) is 5.95 Å². The first kappa shape index (κ1) is 21.9. The number of rotatable bonds is 7. The van der Waals surface area contributed by atoms with Crippen LogP contribution in [0.15, 0.2) is 67.0 Å². The lowest BCUT2D eigenvalue weighted by Gasteiger charge is -2.45. The van der Waals surface area contributed by atoms with Crippen molar-refractivity contribution in [3.8, 4) is 11.5 Å². The second kappa shape index (κ2) is 9.12. The molecular formula is C25H27N9. The molecule has 0 aliphatic carbocycles. The van der Waals surface area contributed by atoms with E-state index in [1.54, 1.807) is 24.5 Å². The van der Waals surface area contributed by atoms with Crippen LogP contribution in [0.3, 0.4) is 0 Å². The van der Waals surface area contributed by atoms with Crippen molar-refractivity contribution < 1.29 is 0 Å². The topological polar surface area (TPSA) is 118 Å². The third-order valence-electron chi connectivity index (χ3n) is 5.47. The van der Waals surface area contributed by atoms with Crippen LogP contribution >= 0.6 is 0 Å². The number of aromatic nitrogens is 5. The molecule has 1 aliphatic rings. The van der Waals surface area contributed by atoms with Crippen LogP contribution in [-0.4, -0.2) is 48.4 Å². The number of nitrogens with two attached hydrogens (primary N) is 1. The summed E-state index contributed by atoms with van der Waals surface area (Å²) in [7, 11) is 0. The van der Waals surface area contributed by atoms with Crippen molar-refractivity contribution in [1.82, 2.24) is 29.8 Å². The standard InChI is InChI=1S/C25H27N9/c1-17-4-3-5-20(29-17)23-27-12-10-21(32-23)31-22-11-13-28-24(33-22)30-19-8-6-18(7-9-19)14-34-15-25(2,26)16-34/h3-13H,14-16,26H2,1-2H3,(H2,27,28,30,31,32,33). The van der Waals surface area contributed by atoms with E-state index in [0.29, 0.717) is 23.4 Å². The molecule has 9 heteroatoms. The maximum absolute atomic E-state index is 6.10. The van der Waals surface area contributed by atoms with E-state index in [4.69, 9.17) is 5.73 Å². The fraction of sp³-hybridized carbons (Fsp3) is 0.240. The van der Waals surface area contributed by atoms with Gasteiger partial charge >= 0.3 is 0 Å². The highest BCUT2D eigenvalue weighted by molar-refractivity contribution is 5.59. The largest absolute Gasteiger partial charge is 0.325 e. The van der Waals surface area contributed by atoms with Crippen LogP contribution in [0, 0.1) is 6.92 Å². The molecule has 0 radical (unpaired) electrons. The van der Waals surface area contributed by atoms with Crippen LogP contribution in [0.25, 0.3) is 11.5 Å². The summed E-state index contributed by atoms with van der Waals surface area (Å²) < 4.78 is 0. The average Bonchev–Trinajstić information content (AvgIpc) is 2.80. The lowest BCUT2D eigenvalue weighted by atomic mass is 9.93. The molecule has 3 aromatic heterocycles. The third kappa shape index (κ3) is 5.33. The quantitative estimate of drug-likeness (QED) is 0.385. The predicted molar refractivity (Wildman–Crippen MR) is 133 cm³/mol. The summed E-state index contributed by atoms with van der Waals surface area (Å²) in [5.41, 5.74) is 9.85. The monoisotopic (exact) mass is 453 g/mol. The summed E-state index contributed by atoms with van der Waals surface area (Å²) in [4.78, 5) is 24.6. The summed E-state index contributed by atoms with van der Waals surface area (Å²) in [6.45, 7) is 6.79. The lowest BCUT2D eigenvalue weighted by molar-refractivity contribution is 0.0764. The van der Waals surface area contributed by atoms with E-state index in [1.807, 2.05) is 37.3 Å². The zero-order valence-electron chi connectivity index (χ0n) is 19.2. The Balaban J connectivity index is 1.23. The molecule has 34 heavy (non-hydrogen) atoms. The Bertz CT molecular complexity index is 1280. The van der Waals surface area contributed by atoms with Crippen LogP contribution in [0.5, 0.6) is 0 Å². The van der Waals surface area contributed by atoms with E-state index in [9.17, 15) is 0 Å². The molecule has 172 valence electrons. The molecule has 1 aromatic carbocycles. The number of hydrogen-bond acceptors (Lipinski definition) is 9. The van der Waals surface area contributed by atoms with E-state index in [-0.39, 0.29) is 5.54 Å². The fourth-order valence-corrected chi connectivity index (χ4v) is 4.01. The van der Waals surface area contributed by atoms with Gasteiger partial charge in [0, 0.05) is 48.9 Å². The Hall–Kier alpha value is -3.95. The van der Waals surface area contributed by atoms with Gasteiger partial charge in [0.15, 0.2) is 5.82 Å². The van der Waals surface area contributed by atoms with Gasteiger partial charge in [-0.2, -0.15) is 4.98 Å². The Morgan fingerprint density at radius 1 is 0.882 bits per heavy atom. The second-order valence-electron chi connectivity index (χ2n) is 8.94. The minimum Gasteiger partial charge on any atom is -0.325 e. The Morgan fingerprint density at radius 3 is 2.35 bits per heavy atom. The number of pyridine rings is 1. The second-order valence-corrected chi connectivity index (χ2v) is 8.94. The molecular weight excluding hydrogens is 426 g/mol. The molecule has 0 atom stereocenters. The number of hydrogen-bond donors (Lipinski definition) is 3. The van der Waals surface area contributed by atoms with Crippen molar-refractivity contribution in [3.63, 3.8) is 0 Å². The molecule has 4 heterocycles. The van der Waals surface area contributed by atoms with Crippen LogP contribution in [0.4, 0.5) is 23.3 Å². The maximum atomic E-state index is 6.10. The zero-order valence-corrected chi connectivity index (χ0v) is 19.2. The van der Waals surface area contributed by atoms with E-state index in [1.165, 1.54) is 5.56 Å². The molecule has 1 aliphatic heterocycles. The summed E-state index contributed by atoms with van der Waals surface area (Å²) in [6, 6.07) is 17.6. The van der Waals surface area contributed by atoms with Gasteiger partial charge in [-0.05, 0) is 55.8 Å². The molecule has 0 spiro atoms. The van der Waals surface area contributed by atoms with Gasteiger partial charge in [-0.25, -0.2) is 19.9 Å². The van der Waals surface area contributed by atoms with Crippen LogP contribution in [-0.2, 0) is 6.54 Å². The molecule has 5 rings (SSSR count). The Labute approximate surface area is 198 Å². The first-order valence-corrected chi connectivity index (χ1v) is 11.2. The summed E-state index contributed by atoms with van der Waals surface area (Å²) in [6.07, 6.45) is 3.40. The summed E-state index contributed by atoms with van der Waals surface area (Å²) in [5, 5.41) is 6.48. The minimum absolute atomic E-state index is 0.0529. The molecule has 0 saturated carbocycles. The normalized spacial score (nSPS) is 14.9. The van der Waals surface area contributed by atoms with Crippen molar-refractivity contribution in [2.24, 2.45) is 5.73 Å². The number of nitrogens with one attached hydrogen (secondary N) is 2. The van der Waals surface area contributed by atoms with Crippen LogP contribution in [0.2, 0.25) is 0 Å². The summed E-state index contributed by atoms with van der Waals surface area (Å²) in [5.74, 6) is 2.30. The lowest BCUT2D eigenvalue weighted by Crippen LogP contribution is -2.64. The van der Waals surface area contributed by atoms with Crippen molar-refractivity contribution in [3.05, 3.63) is 78.2 Å². The number of nitrogens with zero attached hydrogens (tertiary/aromatic N) is 6. The van der Waals surface area contributed by atoms with Crippen molar-refractivity contribution in [2.45, 2.75) is 25.9 Å². The van der Waals surface area contributed by atoms with E-state index in [0.717, 1.165) is 36.7 Å². The predicted octanol–water partition coefficient (Wildman–Crippen LogP) is 3.66. The molecule has 1 fully saturated rings. The van der Waals surface area contributed by atoms with Gasteiger partial charge in [-0.1, -0.05) is 18.2 Å². The van der Waals surface area contributed by atoms with Crippen molar-refractivity contribution in [1.29, 1.82) is 0 Å². The average molecular weight is 454 g/mol. The van der Waals surface area contributed by atoms with Gasteiger partial charge < -0.3 is 16.4 Å². The molecule has 0 bridgehead atoms. The maximum Gasteiger partial charge on any atom is 0.229 e.